The molecule has 0 aromatic heterocycles. The number of amides is 1. The molecular weight excluding hydrogens is 462 g/mol. The van der Waals surface area contributed by atoms with Crippen LogP contribution in [0.5, 0.6) is 0 Å². The van der Waals surface area contributed by atoms with E-state index in [0.717, 1.165) is 43.7 Å². The zero-order valence-electron chi connectivity index (χ0n) is 19.5. The minimum atomic E-state index is -3.38. The number of hydrogen-bond acceptors (Lipinski definition) is 5. The number of carbonyl (C=O) groups is 1. The van der Waals surface area contributed by atoms with Crippen molar-refractivity contribution in [3.05, 3.63) is 65.2 Å². The van der Waals surface area contributed by atoms with Crippen molar-refractivity contribution < 1.29 is 27.1 Å². The van der Waals surface area contributed by atoms with Crippen LogP contribution in [0.15, 0.2) is 47.4 Å². The molecule has 0 saturated heterocycles. The molecule has 2 aromatic rings. The van der Waals surface area contributed by atoms with Crippen LogP contribution in [0.4, 0.5) is 8.78 Å². The van der Waals surface area contributed by atoms with Crippen LogP contribution < -0.4 is 10.6 Å². The van der Waals surface area contributed by atoms with Crippen molar-refractivity contribution in [3.8, 4) is 0 Å². The van der Waals surface area contributed by atoms with Crippen molar-refractivity contribution in [1.82, 2.24) is 10.6 Å². The van der Waals surface area contributed by atoms with Crippen molar-refractivity contribution in [2.75, 3.05) is 12.8 Å². The second-order valence-corrected chi connectivity index (χ2v) is 11.2. The molecule has 2 atom stereocenters. The lowest BCUT2D eigenvalue weighted by atomic mass is 9.76. The summed E-state index contributed by atoms with van der Waals surface area (Å²) in [6.45, 7) is 1.42. The van der Waals surface area contributed by atoms with Gasteiger partial charge in [-0.1, -0.05) is 31.4 Å². The van der Waals surface area contributed by atoms with E-state index in [4.69, 9.17) is 0 Å². The van der Waals surface area contributed by atoms with E-state index < -0.39 is 39.2 Å². The summed E-state index contributed by atoms with van der Waals surface area (Å²) in [5.41, 5.74) is 0.639. The van der Waals surface area contributed by atoms with Gasteiger partial charge in [0, 0.05) is 31.3 Å². The molecule has 1 saturated carbocycles. The monoisotopic (exact) mass is 494 g/mol. The smallest absolute Gasteiger partial charge is 0.217 e. The van der Waals surface area contributed by atoms with Gasteiger partial charge in [0.05, 0.1) is 17.0 Å². The average Bonchev–Trinajstić information content (AvgIpc) is 2.76. The van der Waals surface area contributed by atoms with Crippen LogP contribution >= 0.6 is 0 Å². The lowest BCUT2D eigenvalue weighted by Gasteiger charge is -2.40. The summed E-state index contributed by atoms with van der Waals surface area (Å²) in [6.07, 6.45) is 4.68. The number of rotatable bonds is 9. The van der Waals surface area contributed by atoms with Gasteiger partial charge in [0.15, 0.2) is 9.84 Å². The van der Waals surface area contributed by atoms with Gasteiger partial charge in [0.2, 0.25) is 5.91 Å². The Kier molecular flexibility index (Phi) is 8.43. The van der Waals surface area contributed by atoms with Crippen LogP contribution in [-0.2, 0) is 26.6 Å². The van der Waals surface area contributed by atoms with Gasteiger partial charge in [-0.05, 0) is 54.7 Å². The van der Waals surface area contributed by atoms with E-state index in [1.807, 2.05) is 6.07 Å². The molecule has 1 aliphatic rings. The first-order valence-corrected chi connectivity index (χ1v) is 13.3. The Balaban J connectivity index is 1.82. The highest BCUT2D eigenvalue weighted by molar-refractivity contribution is 7.90. The van der Waals surface area contributed by atoms with E-state index in [1.165, 1.54) is 25.3 Å². The molecule has 0 aliphatic heterocycles. The quantitative estimate of drug-likeness (QED) is 0.498. The third kappa shape index (κ3) is 6.84. The number of carbonyl (C=O) groups excluding carboxylic acids is 1. The second-order valence-electron chi connectivity index (χ2n) is 9.18. The Morgan fingerprint density at radius 2 is 1.74 bits per heavy atom. The maximum absolute atomic E-state index is 13.6. The highest BCUT2D eigenvalue weighted by Crippen LogP contribution is 2.38. The van der Waals surface area contributed by atoms with E-state index in [1.54, 1.807) is 18.2 Å². The highest BCUT2D eigenvalue weighted by atomic mass is 32.2. The first-order valence-electron chi connectivity index (χ1n) is 11.4. The van der Waals surface area contributed by atoms with E-state index >= 15 is 0 Å². The minimum Gasteiger partial charge on any atom is -0.390 e. The van der Waals surface area contributed by atoms with Crippen molar-refractivity contribution >= 4 is 15.7 Å². The van der Waals surface area contributed by atoms with Gasteiger partial charge in [-0.3, -0.25) is 4.79 Å². The van der Waals surface area contributed by atoms with E-state index in [9.17, 15) is 27.1 Å². The van der Waals surface area contributed by atoms with Gasteiger partial charge < -0.3 is 15.7 Å². The van der Waals surface area contributed by atoms with E-state index in [0.29, 0.717) is 5.56 Å². The summed E-state index contributed by atoms with van der Waals surface area (Å²) in [7, 11) is -3.38. The lowest BCUT2D eigenvalue weighted by molar-refractivity contribution is -0.120. The van der Waals surface area contributed by atoms with Gasteiger partial charge >= 0.3 is 0 Å². The number of aliphatic hydroxyl groups excluding tert-OH is 1. The van der Waals surface area contributed by atoms with E-state index in [-0.39, 0.29) is 23.8 Å². The fraction of sp³-hybridized carbons (Fsp3) is 0.480. The summed E-state index contributed by atoms with van der Waals surface area (Å²) in [5, 5.41) is 17.1. The number of benzene rings is 2. The van der Waals surface area contributed by atoms with Crippen LogP contribution in [0.3, 0.4) is 0 Å². The topological polar surface area (TPSA) is 95.5 Å². The number of hydrogen-bond donors (Lipinski definition) is 3. The molecule has 9 heteroatoms. The highest BCUT2D eigenvalue weighted by Gasteiger charge is 2.35. The largest absolute Gasteiger partial charge is 0.390 e. The normalized spacial score (nSPS) is 17.7. The average molecular weight is 495 g/mol. The first-order chi connectivity index (χ1) is 16.0. The predicted octanol–water partition coefficient (Wildman–Crippen LogP) is 3.23. The van der Waals surface area contributed by atoms with Gasteiger partial charge in [-0.15, -0.1) is 0 Å². The van der Waals surface area contributed by atoms with E-state index in [2.05, 4.69) is 10.6 Å². The summed E-state index contributed by atoms with van der Waals surface area (Å²) >= 11 is 0. The Bertz CT molecular complexity index is 1100. The number of sulfone groups is 1. The van der Waals surface area contributed by atoms with Crippen molar-refractivity contribution in [3.63, 3.8) is 0 Å². The molecule has 0 radical (unpaired) electrons. The molecule has 0 unspecified atom stereocenters. The fourth-order valence-corrected chi connectivity index (χ4v) is 5.38. The molecule has 1 aliphatic carbocycles. The van der Waals surface area contributed by atoms with Gasteiger partial charge in [-0.2, -0.15) is 0 Å². The van der Waals surface area contributed by atoms with Crippen LogP contribution in [0.2, 0.25) is 0 Å². The maximum Gasteiger partial charge on any atom is 0.217 e. The number of halogens is 2. The third-order valence-electron chi connectivity index (χ3n) is 6.40. The summed E-state index contributed by atoms with van der Waals surface area (Å²) < 4.78 is 51.5. The zero-order valence-corrected chi connectivity index (χ0v) is 20.3. The molecule has 0 heterocycles. The molecule has 186 valence electrons. The fourth-order valence-electron chi connectivity index (χ4n) is 4.72. The lowest BCUT2D eigenvalue weighted by Crippen LogP contribution is -2.53. The first kappa shape index (κ1) is 26.2. The Labute approximate surface area is 199 Å². The molecule has 6 nitrogen and oxygen atoms in total. The molecular formula is C25H32F2N2O4S. The van der Waals surface area contributed by atoms with Crippen molar-refractivity contribution in [2.45, 2.75) is 68.0 Å². The molecule has 2 aromatic carbocycles. The number of aliphatic hydroxyl groups is 1. The third-order valence-corrected chi connectivity index (χ3v) is 7.51. The molecule has 3 rings (SSSR count). The summed E-state index contributed by atoms with van der Waals surface area (Å²) in [4.78, 5) is 12.0. The minimum absolute atomic E-state index is 0.0493. The molecule has 1 amide bonds. The summed E-state index contributed by atoms with van der Waals surface area (Å²) in [6, 6.07) is 9.21. The molecule has 0 spiro atoms. The zero-order chi connectivity index (χ0) is 24.9. The standard InChI is InChI=1S/C25H32F2N2O4S/c1-17(30)29-23(13-18-11-20(26)15-21(27)12-18)24(31)16-28-25(9-4-3-5-10-25)19-7-6-8-22(14-19)34(2,32)33/h6-8,11-12,14-15,23-24,28,31H,3-5,9-10,13,16H2,1-2H3,(H,29,30)/t23-,24+/m0/s1. The van der Waals surface area contributed by atoms with Crippen LogP contribution in [0.1, 0.15) is 50.2 Å². The molecule has 0 bridgehead atoms. The maximum atomic E-state index is 13.6. The second kappa shape index (κ2) is 10.9. The predicted molar refractivity (Wildman–Crippen MR) is 126 cm³/mol. The van der Waals surface area contributed by atoms with Crippen LogP contribution in [0, 0.1) is 11.6 Å². The van der Waals surface area contributed by atoms with Crippen LogP contribution in [0.25, 0.3) is 0 Å². The Morgan fingerprint density at radius 1 is 1.09 bits per heavy atom. The van der Waals surface area contributed by atoms with Crippen LogP contribution in [-0.4, -0.2) is 44.4 Å². The van der Waals surface area contributed by atoms with Gasteiger partial charge in [0.25, 0.3) is 0 Å². The van der Waals surface area contributed by atoms with Gasteiger partial charge in [0.1, 0.15) is 11.6 Å². The summed E-state index contributed by atoms with van der Waals surface area (Å²) in [5.74, 6) is -1.82. The molecule has 34 heavy (non-hydrogen) atoms. The molecule has 1 fully saturated rings. The molecule has 3 N–H and O–H groups in total. The number of nitrogens with one attached hydrogen (secondary N) is 2. The van der Waals surface area contributed by atoms with Crippen molar-refractivity contribution in [1.29, 1.82) is 0 Å². The van der Waals surface area contributed by atoms with Gasteiger partial charge in [-0.25, -0.2) is 17.2 Å². The Hall–Kier alpha value is -2.36. The van der Waals surface area contributed by atoms with Crippen molar-refractivity contribution in [2.24, 2.45) is 0 Å². The SMILES string of the molecule is CC(=O)N[C@@H](Cc1cc(F)cc(F)c1)[C@H](O)CNC1(c2cccc(S(C)(=O)=O)c2)CCCCC1. The Morgan fingerprint density at radius 3 is 2.32 bits per heavy atom.